The molecule has 60 heavy (non-hydrogen) atoms. The SMILES string of the molecule is CC1(C)c2ccccc2-c2c1ccc1c2Oc2ccc(-c3cccc(-c4nc(-c5ccccc5)nc(-c5ccc(-c6cccc7c6oc6ccccc67)cc5)n4)c3)cc2O1. The number of hydrogen-bond donors (Lipinski definition) is 0. The Hall–Kier alpha value is -7.83. The number of benzene rings is 8. The van der Waals surface area contributed by atoms with Crippen LogP contribution in [0.3, 0.4) is 0 Å². The lowest BCUT2D eigenvalue weighted by molar-refractivity contribution is 0.360. The standard InChI is InChI=1S/C54H35N3O3/c1-54(2)42-20-8-6-17-41(42)48-43(54)27-29-46-50(48)60-45-28-26-36(31-47(45)58-46)35-14-10-15-37(30-35)53-56-51(33-12-4-3-5-13-33)55-52(57-53)34-24-22-32(23-25-34)38-18-11-19-40-39-16-7-9-21-44(39)59-49(38)40/h3-31H,1-2H3. The Labute approximate surface area is 346 Å². The lowest BCUT2D eigenvalue weighted by Gasteiger charge is -2.25. The van der Waals surface area contributed by atoms with Crippen LogP contribution in [0.2, 0.25) is 0 Å². The molecule has 6 nitrogen and oxygen atoms in total. The molecule has 0 bridgehead atoms. The third-order valence-electron chi connectivity index (χ3n) is 12.0. The number of aromatic nitrogens is 3. The van der Waals surface area contributed by atoms with Gasteiger partial charge in [-0.1, -0.05) is 159 Å². The van der Waals surface area contributed by atoms with Gasteiger partial charge >= 0.3 is 0 Å². The minimum atomic E-state index is -0.127. The molecule has 10 aromatic rings. The molecule has 0 unspecified atom stereocenters. The van der Waals surface area contributed by atoms with Crippen molar-refractivity contribution in [1.29, 1.82) is 0 Å². The van der Waals surface area contributed by atoms with Gasteiger partial charge in [-0.25, -0.2) is 15.0 Å². The summed E-state index contributed by atoms with van der Waals surface area (Å²) in [6, 6.07) is 60.1. The molecule has 0 N–H and O–H groups in total. The molecule has 284 valence electrons. The topological polar surface area (TPSA) is 70.3 Å². The molecule has 1 aliphatic heterocycles. The number of rotatable bonds is 5. The third kappa shape index (κ3) is 5.38. The van der Waals surface area contributed by atoms with E-state index in [-0.39, 0.29) is 5.41 Å². The highest BCUT2D eigenvalue weighted by molar-refractivity contribution is 6.09. The summed E-state index contributed by atoms with van der Waals surface area (Å²) in [5.41, 5.74) is 13.2. The predicted molar refractivity (Wildman–Crippen MR) is 238 cm³/mol. The van der Waals surface area contributed by atoms with E-state index in [2.05, 4.69) is 111 Å². The van der Waals surface area contributed by atoms with Crippen molar-refractivity contribution in [2.24, 2.45) is 0 Å². The highest BCUT2D eigenvalue weighted by Crippen LogP contribution is 2.58. The molecule has 0 radical (unpaired) electrons. The quantitative estimate of drug-likeness (QED) is 0.173. The molecule has 6 heteroatoms. The van der Waals surface area contributed by atoms with Gasteiger partial charge < -0.3 is 13.9 Å². The second-order valence-electron chi connectivity index (χ2n) is 16.0. The first kappa shape index (κ1) is 34.2. The van der Waals surface area contributed by atoms with Crippen LogP contribution < -0.4 is 9.47 Å². The Morgan fingerprint density at radius 3 is 1.85 bits per heavy atom. The van der Waals surface area contributed by atoms with E-state index in [1.54, 1.807) is 0 Å². The summed E-state index contributed by atoms with van der Waals surface area (Å²) in [5, 5.41) is 2.21. The second kappa shape index (κ2) is 13.1. The largest absolute Gasteiger partial charge is 0.455 e. The molecule has 2 aromatic heterocycles. The minimum absolute atomic E-state index is 0.127. The van der Waals surface area contributed by atoms with Crippen LogP contribution >= 0.6 is 0 Å². The van der Waals surface area contributed by atoms with Crippen molar-refractivity contribution >= 4 is 21.9 Å². The van der Waals surface area contributed by atoms with Gasteiger partial charge in [-0.2, -0.15) is 0 Å². The van der Waals surface area contributed by atoms with Crippen LogP contribution in [0.1, 0.15) is 25.0 Å². The fraction of sp³-hybridized carbons (Fsp3) is 0.0556. The summed E-state index contributed by atoms with van der Waals surface area (Å²) >= 11 is 0. The van der Waals surface area contributed by atoms with Crippen LogP contribution in [0.5, 0.6) is 23.0 Å². The highest BCUT2D eigenvalue weighted by atomic mass is 16.6. The molecule has 0 saturated heterocycles. The maximum Gasteiger partial charge on any atom is 0.178 e. The zero-order valence-electron chi connectivity index (χ0n) is 32.8. The maximum atomic E-state index is 6.67. The third-order valence-corrected chi connectivity index (χ3v) is 12.0. The van der Waals surface area contributed by atoms with Crippen LogP contribution in [-0.4, -0.2) is 15.0 Å². The lowest BCUT2D eigenvalue weighted by Crippen LogP contribution is -2.15. The van der Waals surface area contributed by atoms with Gasteiger partial charge in [0, 0.05) is 44.0 Å². The number of hydrogen-bond acceptors (Lipinski definition) is 6. The number of nitrogens with zero attached hydrogens (tertiary/aromatic N) is 3. The van der Waals surface area contributed by atoms with Gasteiger partial charge in [-0.15, -0.1) is 0 Å². The molecule has 12 rings (SSSR count). The lowest BCUT2D eigenvalue weighted by atomic mass is 9.82. The molecular weight excluding hydrogens is 739 g/mol. The Morgan fingerprint density at radius 1 is 0.400 bits per heavy atom. The van der Waals surface area contributed by atoms with E-state index in [1.165, 1.54) is 16.7 Å². The van der Waals surface area contributed by atoms with Gasteiger partial charge in [0.15, 0.2) is 40.5 Å². The zero-order valence-corrected chi connectivity index (χ0v) is 32.8. The summed E-state index contributed by atoms with van der Waals surface area (Å²) in [7, 11) is 0. The summed E-state index contributed by atoms with van der Waals surface area (Å²) in [5.74, 6) is 4.62. The number of fused-ring (bicyclic) bond motifs is 9. The van der Waals surface area contributed by atoms with Gasteiger partial charge in [0.2, 0.25) is 0 Å². The Bertz CT molecular complexity index is 3350. The maximum absolute atomic E-state index is 6.67. The Kier molecular flexibility index (Phi) is 7.47. The molecule has 8 aromatic carbocycles. The van der Waals surface area contributed by atoms with Crippen molar-refractivity contribution in [3.05, 3.63) is 187 Å². The number of ether oxygens (including phenoxy) is 2. The van der Waals surface area contributed by atoms with Gasteiger partial charge in [-0.05, 0) is 63.7 Å². The van der Waals surface area contributed by atoms with Gasteiger partial charge in [0.1, 0.15) is 11.2 Å². The van der Waals surface area contributed by atoms with Crippen LogP contribution in [0.4, 0.5) is 0 Å². The van der Waals surface area contributed by atoms with Crippen LogP contribution in [0.15, 0.2) is 180 Å². The van der Waals surface area contributed by atoms with Crippen molar-refractivity contribution in [2.75, 3.05) is 0 Å². The fourth-order valence-corrected chi connectivity index (χ4v) is 8.97. The molecule has 0 saturated carbocycles. The first-order chi connectivity index (χ1) is 29.5. The molecule has 0 atom stereocenters. The summed E-state index contributed by atoms with van der Waals surface area (Å²) in [4.78, 5) is 15.1. The average Bonchev–Trinajstić information content (AvgIpc) is 3.80. The van der Waals surface area contributed by atoms with Crippen molar-refractivity contribution < 1.29 is 13.9 Å². The summed E-state index contributed by atoms with van der Waals surface area (Å²) in [6.45, 7) is 4.54. The zero-order chi connectivity index (χ0) is 40.0. The van der Waals surface area contributed by atoms with Crippen molar-refractivity contribution in [2.45, 2.75) is 19.3 Å². The molecule has 0 spiro atoms. The minimum Gasteiger partial charge on any atom is -0.455 e. The molecule has 1 aliphatic carbocycles. The van der Waals surface area contributed by atoms with E-state index in [0.29, 0.717) is 34.7 Å². The fourth-order valence-electron chi connectivity index (χ4n) is 8.97. The monoisotopic (exact) mass is 773 g/mol. The van der Waals surface area contributed by atoms with Crippen LogP contribution in [0, 0.1) is 0 Å². The summed E-state index contributed by atoms with van der Waals surface area (Å²) in [6.07, 6.45) is 0. The van der Waals surface area contributed by atoms with Gasteiger partial charge in [-0.3, -0.25) is 0 Å². The van der Waals surface area contributed by atoms with E-state index in [0.717, 1.165) is 72.2 Å². The molecule has 0 amide bonds. The Morgan fingerprint density at radius 2 is 1.00 bits per heavy atom. The average molecular weight is 774 g/mol. The van der Waals surface area contributed by atoms with E-state index in [9.17, 15) is 0 Å². The van der Waals surface area contributed by atoms with Crippen molar-refractivity contribution in [1.82, 2.24) is 15.0 Å². The molecule has 0 fully saturated rings. The molecule has 2 aliphatic rings. The van der Waals surface area contributed by atoms with Crippen molar-refractivity contribution in [3.63, 3.8) is 0 Å². The Balaban J connectivity index is 0.892. The molecule has 3 heterocycles. The highest BCUT2D eigenvalue weighted by Gasteiger charge is 2.39. The predicted octanol–water partition coefficient (Wildman–Crippen LogP) is 14.3. The van der Waals surface area contributed by atoms with Gasteiger partial charge in [0.05, 0.1) is 0 Å². The van der Waals surface area contributed by atoms with E-state index >= 15 is 0 Å². The number of para-hydroxylation sites is 2. The van der Waals surface area contributed by atoms with Crippen LogP contribution in [-0.2, 0) is 5.41 Å². The van der Waals surface area contributed by atoms with E-state index in [4.69, 9.17) is 28.8 Å². The summed E-state index contributed by atoms with van der Waals surface area (Å²) < 4.78 is 19.6. The normalized spacial score (nSPS) is 13.2. The van der Waals surface area contributed by atoms with E-state index in [1.807, 2.05) is 78.9 Å². The van der Waals surface area contributed by atoms with Crippen molar-refractivity contribution in [3.8, 4) is 90.5 Å². The van der Waals surface area contributed by atoms with Gasteiger partial charge in [0.25, 0.3) is 0 Å². The van der Waals surface area contributed by atoms with E-state index < -0.39 is 0 Å². The number of furan rings is 1. The smallest absolute Gasteiger partial charge is 0.178 e. The second-order valence-corrected chi connectivity index (χ2v) is 16.0. The molecular formula is C54H35N3O3. The first-order valence-electron chi connectivity index (χ1n) is 20.2. The van der Waals surface area contributed by atoms with Crippen LogP contribution in [0.25, 0.3) is 89.5 Å². The first-order valence-corrected chi connectivity index (χ1v) is 20.2.